The van der Waals surface area contributed by atoms with E-state index in [2.05, 4.69) is 4.98 Å². The molecule has 0 saturated carbocycles. The molecule has 3 nitrogen and oxygen atoms in total. The molecule has 0 unspecified atom stereocenters. The molecular weight excluding hydrogens is 232 g/mol. The molecule has 7 heteroatoms. The first-order chi connectivity index (χ1) is 6.42. The van der Waals surface area contributed by atoms with Gasteiger partial charge < -0.3 is 0 Å². The molecule has 0 bridgehead atoms. The minimum atomic E-state index is -4.67. The fourth-order valence-corrected chi connectivity index (χ4v) is 2.57. The van der Waals surface area contributed by atoms with Gasteiger partial charge in [0.25, 0.3) is 9.84 Å². The Morgan fingerprint density at radius 1 is 1.43 bits per heavy atom. The van der Waals surface area contributed by atoms with Crippen molar-refractivity contribution in [3.05, 3.63) is 24.4 Å². The first kappa shape index (κ1) is 11.4. The maximum absolute atomic E-state index is 13.0. The lowest BCUT2D eigenvalue weighted by molar-refractivity contribution is 0.196. The Bertz CT molecular complexity index is 405. The lowest BCUT2D eigenvalue weighted by atomic mass is 10.5. The van der Waals surface area contributed by atoms with Crippen LogP contribution in [0.15, 0.2) is 29.4 Å². The predicted molar refractivity (Wildman–Crippen MR) is 49.9 cm³/mol. The quantitative estimate of drug-likeness (QED) is 0.806. The minimum absolute atomic E-state index is 0.0324. The van der Waals surface area contributed by atoms with E-state index in [1.165, 1.54) is 12.1 Å². The summed E-state index contributed by atoms with van der Waals surface area (Å²) in [6.07, 6.45) is 2.18. The molecule has 1 rings (SSSR count). The first-order valence-corrected chi connectivity index (χ1v) is 6.21. The van der Waals surface area contributed by atoms with Crippen molar-refractivity contribution in [2.24, 2.45) is 0 Å². The summed E-state index contributed by atoms with van der Waals surface area (Å²) >= 11 is -0.0324. The number of pyridine rings is 1. The SMILES string of the molecule is CSC(F)(F)S(=O)(=O)c1ccccn1. The molecule has 0 fully saturated rings. The average Bonchev–Trinajstić information content (AvgIpc) is 2.19. The Kier molecular flexibility index (Phi) is 3.10. The van der Waals surface area contributed by atoms with Gasteiger partial charge >= 0.3 is 4.59 Å². The van der Waals surface area contributed by atoms with Gasteiger partial charge in [-0.25, -0.2) is 13.4 Å². The van der Waals surface area contributed by atoms with Gasteiger partial charge in [0.2, 0.25) is 0 Å². The topological polar surface area (TPSA) is 47.0 Å². The average molecular weight is 239 g/mol. The normalized spacial score (nSPS) is 12.8. The molecule has 0 radical (unpaired) electrons. The molecule has 0 saturated heterocycles. The van der Waals surface area contributed by atoms with E-state index in [4.69, 9.17) is 0 Å². The molecule has 0 amide bonds. The second-order valence-corrected chi connectivity index (χ2v) is 5.46. The predicted octanol–water partition coefficient (Wildman–Crippen LogP) is 1.77. The zero-order valence-corrected chi connectivity index (χ0v) is 8.78. The number of hydrogen-bond donors (Lipinski definition) is 0. The maximum atomic E-state index is 13.0. The van der Waals surface area contributed by atoms with Gasteiger partial charge in [-0.05, 0) is 18.4 Å². The third kappa shape index (κ3) is 1.88. The molecule has 0 aliphatic rings. The molecule has 0 aliphatic carbocycles. The van der Waals surface area contributed by atoms with E-state index in [0.717, 1.165) is 18.5 Å². The van der Waals surface area contributed by atoms with Crippen LogP contribution in [0.4, 0.5) is 8.78 Å². The Balaban J connectivity index is 3.23. The van der Waals surface area contributed by atoms with Crippen molar-refractivity contribution >= 4 is 21.6 Å². The number of halogens is 2. The fraction of sp³-hybridized carbons (Fsp3) is 0.286. The van der Waals surface area contributed by atoms with Crippen LogP contribution in [0.25, 0.3) is 0 Å². The van der Waals surface area contributed by atoms with Crippen molar-refractivity contribution in [2.45, 2.75) is 9.61 Å². The van der Waals surface area contributed by atoms with Gasteiger partial charge in [-0.15, -0.1) is 0 Å². The van der Waals surface area contributed by atoms with Crippen molar-refractivity contribution in [1.29, 1.82) is 0 Å². The first-order valence-electron chi connectivity index (χ1n) is 3.50. The zero-order valence-electron chi connectivity index (χ0n) is 7.15. The summed E-state index contributed by atoms with van der Waals surface area (Å²) in [5, 5.41) is -0.612. The zero-order chi connectivity index (χ0) is 10.8. The van der Waals surface area contributed by atoms with Crippen molar-refractivity contribution in [3.8, 4) is 0 Å². The fourth-order valence-electron chi connectivity index (χ4n) is 0.737. The van der Waals surface area contributed by atoms with Gasteiger partial charge in [0, 0.05) is 6.20 Å². The van der Waals surface area contributed by atoms with E-state index in [0.29, 0.717) is 0 Å². The molecule has 1 heterocycles. The Hall–Kier alpha value is -0.690. The van der Waals surface area contributed by atoms with Gasteiger partial charge in [-0.2, -0.15) is 8.78 Å². The minimum Gasteiger partial charge on any atom is -0.244 e. The van der Waals surface area contributed by atoms with Crippen LogP contribution in [0.3, 0.4) is 0 Å². The lowest BCUT2D eigenvalue weighted by Gasteiger charge is -2.12. The van der Waals surface area contributed by atoms with E-state index in [9.17, 15) is 17.2 Å². The summed E-state index contributed by atoms with van der Waals surface area (Å²) < 4.78 is 44.6. The number of rotatable bonds is 3. The summed E-state index contributed by atoms with van der Waals surface area (Å²) in [5.74, 6) is 0. The summed E-state index contributed by atoms with van der Waals surface area (Å²) in [6, 6.07) is 3.84. The molecule has 1 aromatic rings. The standard InChI is InChI=1S/C7H7F2NO2S2/c1-13-7(8,9)14(11,12)6-4-2-3-5-10-6/h2-5H,1H3. The molecule has 0 atom stereocenters. The number of thioether (sulfide) groups is 1. The lowest BCUT2D eigenvalue weighted by Crippen LogP contribution is -2.25. The molecular formula is C7H7F2NO2S2. The summed E-state index contributed by atoms with van der Waals surface area (Å²) in [6.45, 7) is 0. The third-order valence-corrected chi connectivity index (χ3v) is 4.51. The van der Waals surface area contributed by atoms with Crippen LogP contribution in [0.1, 0.15) is 0 Å². The largest absolute Gasteiger partial charge is 0.398 e. The molecule has 0 spiro atoms. The van der Waals surface area contributed by atoms with Gasteiger partial charge in [-0.3, -0.25) is 0 Å². The summed E-state index contributed by atoms with van der Waals surface area (Å²) in [7, 11) is -4.67. The van der Waals surface area contributed by atoms with Crippen LogP contribution in [-0.2, 0) is 9.84 Å². The van der Waals surface area contributed by atoms with Gasteiger partial charge in [0.1, 0.15) is 0 Å². The molecule has 0 aromatic carbocycles. The number of hydrogen-bond acceptors (Lipinski definition) is 4. The highest BCUT2D eigenvalue weighted by molar-refractivity contribution is 8.13. The molecule has 78 valence electrons. The Morgan fingerprint density at radius 3 is 2.50 bits per heavy atom. The molecule has 14 heavy (non-hydrogen) atoms. The van der Waals surface area contributed by atoms with Crippen molar-refractivity contribution in [3.63, 3.8) is 0 Å². The van der Waals surface area contributed by atoms with E-state index in [1.54, 1.807) is 0 Å². The number of aromatic nitrogens is 1. The van der Waals surface area contributed by atoms with Crippen molar-refractivity contribution < 1.29 is 17.2 Å². The van der Waals surface area contributed by atoms with Gasteiger partial charge in [-0.1, -0.05) is 17.8 Å². The van der Waals surface area contributed by atoms with Crippen molar-refractivity contribution in [2.75, 3.05) is 6.26 Å². The monoisotopic (exact) mass is 239 g/mol. The van der Waals surface area contributed by atoms with E-state index in [-0.39, 0.29) is 11.8 Å². The summed E-state index contributed by atoms with van der Waals surface area (Å²) in [5.41, 5.74) is 0. The van der Waals surface area contributed by atoms with Gasteiger partial charge in [0.05, 0.1) is 0 Å². The Labute approximate surface area is 84.5 Å². The van der Waals surface area contributed by atoms with E-state index >= 15 is 0 Å². The van der Waals surface area contributed by atoms with Crippen LogP contribution in [-0.4, -0.2) is 24.2 Å². The number of alkyl halides is 2. The van der Waals surface area contributed by atoms with E-state index in [1.807, 2.05) is 0 Å². The summed E-state index contributed by atoms with van der Waals surface area (Å²) in [4.78, 5) is 3.38. The second kappa shape index (κ2) is 3.82. The molecule has 0 aliphatic heterocycles. The van der Waals surface area contributed by atoms with Gasteiger partial charge in [0.15, 0.2) is 5.03 Å². The van der Waals surface area contributed by atoms with Crippen LogP contribution < -0.4 is 0 Å². The smallest absolute Gasteiger partial charge is 0.244 e. The number of sulfone groups is 1. The van der Waals surface area contributed by atoms with Crippen LogP contribution in [0.2, 0.25) is 0 Å². The Morgan fingerprint density at radius 2 is 2.07 bits per heavy atom. The van der Waals surface area contributed by atoms with Crippen LogP contribution in [0.5, 0.6) is 0 Å². The van der Waals surface area contributed by atoms with Crippen LogP contribution in [0, 0.1) is 0 Å². The highest BCUT2D eigenvalue weighted by atomic mass is 32.3. The number of nitrogens with zero attached hydrogens (tertiary/aromatic N) is 1. The second-order valence-electron chi connectivity index (χ2n) is 2.34. The van der Waals surface area contributed by atoms with E-state index < -0.39 is 19.4 Å². The third-order valence-electron chi connectivity index (χ3n) is 1.46. The van der Waals surface area contributed by atoms with Crippen molar-refractivity contribution in [1.82, 2.24) is 4.98 Å². The molecule has 0 N–H and O–H groups in total. The highest BCUT2D eigenvalue weighted by Gasteiger charge is 2.46. The maximum Gasteiger partial charge on any atom is 0.398 e. The van der Waals surface area contributed by atoms with Crippen LogP contribution >= 0.6 is 11.8 Å². The molecule has 1 aromatic heterocycles. The highest BCUT2D eigenvalue weighted by Crippen LogP contribution is 2.36.